The Morgan fingerprint density at radius 3 is 2.58 bits per heavy atom. The second kappa shape index (κ2) is 4.53. The summed E-state index contributed by atoms with van der Waals surface area (Å²) in [6.07, 6.45) is 0. The van der Waals surface area contributed by atoms with E-state index in [1.165, 1.54) is 12.1 Å². The number of nitrogen functional groups attached to an aromatic ring is 1. The lowest BCUT2D eigenvalue weighted by molar-refractivity contribution is 0.432. The molecule has 0 unspecified atom stereocenters. The molecule has 0 fully saturated rings. The molecule has 1 aromatic heterocycles. The highest BCUT2D eigenvalue weighted by molar-refractivity contribution is 5.62. The molecule has 2 N–H and O–H groups in total. The van der Waals surface area contributed by atoms with E-state index in [0.29, 0.717) is 23.0 Å². The van der Waals surface area contributed by atoms with Gasteiger partial charge < -0.3 is 10.3 Å². The minimum Gasteiger partial charge on any atom is -0.399 e. The Bertz CT molecular complexity index is 664. The minimum absolute atomic E-state index is 0.340. The molecule has 0 amide bonds. The Labute approximate surface area is 108 Å². The maximum Gasteiger partial charge on any atom is 0.258 e. The molecule has 0 radical (unpaired) electrons. The second-order valence-corrected chi connectivity index (χ2v) is 4.06. The molecule has 4 nitrogen and oxygen atoms in total. The van der Waals surface area contributed by atoms with Crippen LogP contribution in [0, 0.1) is 5.82 Å². The van der Waals surface area contributed by atoms with Gasteiger partial charge in [-0.1, -0.05) is 23.4 Å². The molecule has 94 valence electrons. The van der Waals surface area contributed by atoms with Gasteiger partial charge in [-0.15, -0.1) is 0 Å². The number of rotatable bonds is 2. The molecule has 5 heteroatoms. The van der Waals surface area contributed by atoms with Gasteiger partial charge in [-0.25, -0.2) is 4.39 Å². The molecule has 3 aromatic rings. The van der Waals surface area contributed by atoms with Crippen LogP contribution < -0.4 is 5.73 Å². The van der Waals surface area contributed by atoms with Gasteiger partial charge in [0.2, 0.25) is 5.82 Å². The van der Waals surface area contributed by atoms with E-state index in [2.05, 4.69) is 10.1 Å². The fourth-order valence-electron chi connectivity index (χ4n) is 1.76. The first-order valence-corrected chi connectivity index (χ1v) is 5.68. The van der Waals surface area contributed by atoms with E-state index in [9.17, 15) is 4.39 Å². The fourth-order valence-corrected chi connectivity index (χ4v) is 1.76. The van der Waals surface area contributed by atoms with E-state index in [-0.39, 0.29) is 5.82 Å². The van der Waals surface area contributed by atoms with Crippen molar-refractivity contribution in [3.8, 4) is 22.8 Å². The Morgan fingerprint density at radius 2 is 1.79 bits per heavy atom. The third-order valence-electron chi connectivity index (χ3n) is 2.64. The second-order valence-electron chi connectivity index (χ2n) is 4.06. The van der Waals surface area contributed by atoms with Crippen LogP contribution in [0.25, 0.3) is 22.8 Å². The normalized spacial score (nSPS) is 10.6. The summed E-state index contributed by atoms with van der Waals surface area (Å²) in [5.74, 6) is 0.358. The predicted octanol–water partition coefficient (Wildman–Crippen LogP) is 3.12. The molecule has 0 aliphatic rings. The molecule has 0 aliphatic carbocycles. The molecule has 0 spiro atoms. The van der Waals surface area contributed by atoms with Crippen LogP contribution in [0.1, 0.15) is 0 Å². The van der Waals surface area contributed by atoms with Gasteiger partial charge in [0, 0.05) is 16.8 Å². The Hall–Kier alpha value is -2.69. The van der Waals surface area contributed by atoms with Crippen molar-refractivity contribution in [1.82, 2.24) is 10.1 Å². The van der Waals surface area contributed by atoms with Crippen molar-refractivity contribution in [3.05, 3.63) is 54.3 Å². The third kappa shape index (κ3) is 2.30. The maximum absolute atomic E-state index is 13.1. The number of aromatic nitrogens is 2. The highest BCUT2D eigenvalue weighted by Crippen LogP contribution is 2.23. The first-order valence-electron chi connectivity index (χ1n) is 5.68. The van der Waals surface area contributed by atoms with Crippen LogP contribution in [0.5, 0.6) is 0 Å². The number of nitrogens with zero attached hydrogens (tertiary/aromatic N) is 2. The van der Waals surface area contributed by atoms with E-state index in [0.717, 1.165) is 5.56 Å². The molecule has 19 heavy (non-hydrogen) atoms. The van der Waals surface area contributed by atoms with Gasteiger partial charge >= 0.3 is 0 Å². The highest BCUT2D eigenvalue weighted by atomic mass is 19.1. The van der Waals surface area contributed by atoms with Crippen molar-refractivity contribution >= 4 is 5.69 Å². The van der Waals surface area contributed by atoms with Crippen LogP contribution in [0.3, 0.4) is 0 Å². The van der Waals surface area contributed by atoms with Gasteiger partial charge in [0.25, 0.3) is 5.89 Å². The number of benzene rings is 2. The van der Waals surface area contributed by atoms with Gasteiger partial charge in [0.05, 0.1) is 0 Å². The molecule has 1 heterocycles. The topological polar surface area (TPSA) is 64.9 Å². The lowest BCUT2D eigenvalue weighted by Crippen LogP contribution is -1.85. The number of hydrogen-bond donors (Lipinski definition) is 1. The van der Waals surface area contributed by atoms with E-state index in [1.54, 1.807) is 30.3 Å². The Morgan fingerprint density at radius 1 is 1.00 bits per heavy atom. The van der Waals surface area contributed by atoms with Crippen LogP contribution in [-0.2, 0) is 0 Å². The van der Waals surface area contributed by atoms with Crippen molar-refractivity contribution in [2.24, 2.45) is 0 Å². The average Bonchev–Trinajstić information content (AvgIpc) is 2.88. The van der Waals surface area contributed by atoms with Crippen molar-refractivity contribution < 1.29 is 8.91 Å². The summed E-state index contributed by atoms with van der Waals surface area (Å²) in [6.45, 7) is 0. The Balaban J connectivity index is 2.00. The Kier molecular flexibility index (Phi) is 2.72. The quantitative estimate of drug-likeness (QED) is 0.714. The zero-order valence-electron chi connectivity index (χ0n) is 9.88. The molecule has 0 saturated carbocycles. The van der Waals surface area contributed by atoms with Crippen LogP contribution in [0.4, 0.5) is 10.1 Å². The van der Waals surface area contributed by atoms with Gasteiger partial charge in [-0.05, 0) is 30.3 Å². The van der Waals surface area contributed by atoms with Gasteiger partial charge in [0.15, 0.2) is 0 Å². The molecule has 0 atom stereocenters. The van der Waals surface area contributed by atoms with E-state index < -0.39 is 0 Å². The molecule has 2 aromatic carbocycles. The lowest BCUT2D eigenvalue weighted by Gasteiger charge is -1.95. The number of nitrogens with two attached hydrogens (primary N) is 1. The van der Waals surface area contributed by atoms with Gasteiger partial charge in [0.1, 0.15) is 5.82 Å². The number of hydrogen-bond acceptors (Lipinski definition) is 4. The zero-order valence-corrected chi connectivity index (χ0v) is 9.88. The van der Waals surface area contributed by atoms with E-state index in [1.807, 2.05) is 6.07 Å². The summed E-state index contributed by atoms with van der Waals surface area (Å²) in [7, 11) is 0. The summed E-state index contributed by atoms with van der Waals surface area (Å²) in [5.41, 5.74) is 7.61. The van der Waals surface area contributed by atoms with Crippen LogP contribution in [-0.4, -0.2) is 10.1 Å². The SMILES string of the molecule is Nc1cccc(-c2nc(-c3cccc(F)c3)no2)c1. The molecular formula is C14H10FN3O. The van der Waals surface area contributed by atoms with Crippen molar-refractivity contribution in [2.75, 3.05) is 5.73 Å². The standard InChI is InChI=1S/C14H10FN3O/c15-11-5-1-3-9(7-11)13-17-14(19-18-13)10-4-2-6-12(16)8-10/h1-8H,16H2. The summed E-state index contributed by atoms with van der Waals surface area (Å²) < 4.78 is 18.3. The first kappa shape index (κ1) is 11.4. The minimum atomic E-state index is -0.340. The predicted molar refractivity (Wildman–Crippen MR) is 69.5 cm³/mol. The zero-order chi connectivity index (χ0) is 13.2. The van der Waals surface area contributed by atoms with Crippen LogP contribution in [0.15, 0.2) is 53.1 Å². The monoisotopic (exact) mass is 255 g/mol. The average molecular weight is 255 g/mol. The van der Waals surface area contributed by atoms with Crippen LogP contribution >= 0.6 is 0 Å². The maximum atomic E-state index is 13.1. The smallest absolute Gasteiger partial charge is 0.258 e. The van der Waals surface area contributed by atoms with E-state index in [4.69, 9.17) is 10.3 Å². The molecule has 3 rings (SSSR count). The lowest BCUT2D eigenvalue weighted by atomic mass is 10.2. The largest absolute Gasteiger partial charge is 0.399 e. The summed E-state index contributed by atoms with van der Waals surface area (Å²) in [6, 6.07) is 13.2. The summed E-state index contributed by atoms with van der Waals surface area (Å²) >= 11 is 0. The van der Waals surface area contributed by atoms with Gasteiger partial charge in [-0.3, -0.25) is 0 Å². The van der Waals surface area contributed by atoms with Crippen molar-refractivity contribution in [3.63, 3.8) is 0 Å². The highest BCUT2D eigenvalue weighted by Gasteiger charge is 2.11. The van der Waals surface area contributed by atoms with Crippen molar-refractivity contribution in [1.29, 1.82) is 0 Å². The van der Waals surface area contributed by atoms with Crippen molar-refractivity contribution in [2.45, 2.75) is 0 Å². The third-order valence-corrected chi connectivity index (χ3v) is 2.64. The molecule has 0 bridgehead atoms. The summed E-state index contributed by atoms with van der Waals surface area (Å²) in [4.78, 5) is 4.23. The molecule has 0 aliphatic heterocycles. The molecular weight excluding hydrogens is 245 g/mol. The summed E-state index contributed by atoms with van der Waals surface area (Å²) in [5, 5.41) is 3.84. The number of anilines is 1. The van der Waals surface area contributed by atoms with E-state index >= 15 is 0 Å². The van der Waals surface area contributed by atoms with Crippen LogP contribution in [0.2, 0.25) is 0 Å². The fraction of sp³-hybridized carbons (Fsp3) is 0. The number of halogens is 1. The van der Waals surface area contributed by atoms with Gasteiger partial charge in [-0.2, -0.15) is 4.98 Å². The molecule has 0 saturated heterocycles. The first-order chi connectivity index (χ1) is 9.22.